The summed E-state index contributed by atoms with van der Waals surface area (Å²) in [4.78, 5) is 29.9. The first kappa shape index (κ1) is 25.8. The summed E-state index contributed by atoms with van der Waals surface area (Å²) in [6, 6.07) is 24.7. The summed E-state index contributed by atoms with van der Waals surface area (Å²) in [5.74, 6) is -0.706. The van der Waals surface area contributed by atoms with Gasteiger partial charge in [-0.3, -0.25) is 4.90 Å². The molecular formula is C31H35N3O4. The highest BCUT2D eigenvalue weighted by molar-refractivity contribution is 5.92. The number of para-hydroxylation sites is 1. The number of unbranched alkanes of at least 4 members (excludes halogenated alkanes) is 3. The van der Waals surface area contributed by atoms with Gasteiger partial charge in [-0.05, 0) is 41.3 Å². The second-order valence-corrected chi connectivity index (χ2v) is 9.83. The lowest BCUT2D eigenvalue weighted by Crippen LogP contribution is -2.46. The predicted molar refractivity (Wildman–Crippen MR) is 151 cm³/mol. The summed E-state index contributed by atoms with van der Waals surface area (Å²) in [7, 11) is 0. The summed E-state index contributed by atoms with van der Waals surface area (Å²) < 4.78 is 11.9. The van der Waals surface area contributed by atoms with Crippen LogP contribution in [0.5, 0.6) is 0 Å². The van der Waals surface area contributed by atoms with Gasteiger partial charge in [-0.25, -0.2) is 9.59 Å². The topological polar surface area (TPSA) is 67.9 Å². The number of carbonyl (C=O) groups excluding carboxylic acids is 1. The number of ether oxygens (including phenoxy) is 1. The van der Waals surface area contributed by atoms with E-state index in [1.807, 2.05) is 18.2 Å². The highest BCUT2D eigenvalue weighted by Gasteiger charge is 2.24. The fraction of sp³-hybridized carbons (Fsp3) is 0.355. The molecule has 38 heavy (non-hydrogen) atoms. The van der Waals surface area contributed by atoms with Crippen LogP contribution in [0.4, 0.5) is 10.5 Å². The number of anilines is 1. The maximum Gasteiger partial charge on any atom is 0.429 e. The number of hydrogen-bond donors (Lipinski definition) is 0. The number of carbonyl (C=O) groups is 1. The van der Waals surface area contributed by atoms with Gasteiger partial charge in [0.2, 0.25) is 0 Å². The monoisotopic (exact) mass is 513 g/mol. The van der Waals surface area contributed by atoms with Crippen LogP contribution < -0.4 is 10.7 Å². The molecule has 1 saturated heterocycles. The van der Waals surface area contributed by atoms with E-state index in [9.17, 15) is 9.59 Å². The minimum absolute atomic E-state index is 0.299. The van der Waals surface area contributed by atoms with Gasteiger partial charge < -0.3 is 14.1 Å². The number of benzene rings is 3. The maximum atomic E-state index is 12.7. The third kappa shape index (κ3) is 5.83. The first-order valence-corrected chi connectivity index (χ1v) is 13.6. The fourth-order valence-corrected chi connectivity index (χ4v) is 5.08. The SMILES string of the molecule is CCCCCCOC(=O)n1c(=O)oc2c(N3CCN(Cc4cccc(-c5ccccc5)c4)CC3)cccc21. The number of rotatable bonds is 9. The van der Waals surface area contributed by atoms with Gasteiger partial charge in [0.25, 0.3) is 0 Å². The Morgan fingerprint density at radius 1 is 0.868 bits per heavy atom. The Hall–Kier alpha value is -3.84. The number of hydrogen-bond acceptors (Lipinski definition) is 6. The molecule has 1 fully saturated rings. The normalized spacial score (nSPS) is 14.2. The zero-order valence-electron chi connectivity index (χ0n) is 22.0. The smallest absolute Gasteiger partial charge is 0.429 e. The Labute approximate surface area is 223 Å². The molecule has 0 radical (unpaired) electrons. The van der Waals surface area contributed by atoms with Crippen molar-refractivity contribution >= 4 is 22.9 Å². The van der Waals surface area contributed by atoms with Crippen molar-refractivity contribution in [3.05, 3.63) is 88.9 Å². The van der Waals surface area contributed by atoms with Crippen molar-refractivity contribution < 1.29 is 13.9 Å². The average molecular weight is 514 g/mol. The Morgan fingerprint density at radius 3 is 2.42 bits per heavy atom. The van der Waals surface area contributed by atoms with Gasteiger partial charge in [0.15, 0.2) is 5.58 Å². The number of nitrogens with zero attached hydrogens (tertiary/aromatic N) is 3. The molecule has 0 aliphatic carbocycles. The molecule has 0 unspecified atom stereocenters. The third-order valence-corrected chi connectivity index (χ3v) is 7.15. The maximum absolute atomic E-state index is 12.7. The second-order valence-electron chi connectivity index (χ2n) is 9.83. The molecular weight excluding hydrogens is 478 g/mol. The Kier molecular flexibility index (Phi) is 8.24. The third-order valence-electron chi connectivity index (χ3n) is 7.15. The fourth-order valence-electron chi connectivity index (χ4n) is 5.08. The number of aromatic nitrogens is 1. The molecule has 0 atom stereocenters. The summed E-state index contributed by atoms with van der Waals surface area (Å²) in [5.41, 5.74) is 5.46. The lowest BCUT2D eigenvalue weighted by molar-refractivity contribution is 0.144. The minimum atomic E-state index is -0.706. The zero-order valence-corrected chi connectivity index (χ0v) is 22.0. The van der Waals surface area contributed by atoms with E-state index < -0.39 is 11.8 Å². The summed E-state index contributed by atoms with van der Waals surface area (Å²) in [5, 5.41) is 0. The van der Waals surface area contributed by atoms with Gasteiger partial charge in [0.1, 0.15) is 5.52 Å². The molecule has 1 aliphatic rings. The molecule has 7 heteroatoms. The molecule has 1 aromatic heterocycles. The summed E-state index contributed by atoms with van der Waals surface area (Å²) >= 11 is 0. The van der Waals surface area contributed by atoms with E-state index >= 15 is 0 Å². The van der Waals surface area contributed by atoms with Gasteiger partial charge in [0.05, 0.1) is 12.3 Å². The van der Waals surface area contributed by atoms with Gasteiger partial charge in [-0.1, -0.05) is 80.8 Å². The van der Waals surface area contributed by atoms with Crippen molar-refractivity contribution in [3.8, 4) is 11.1 Å². The molecule has 0 saturated carbocycles. The van der Waals surface area contributed by atoms with Crippen LogP contribution in [0, 0.1) is 0 Å². The molecule has 0 N–H and O–H groups in total. The van der Waals surface area contributed by atoms with Crippen LogP contribution in [0.15, 0.2) is 82.0 Å². The quantitative estimate of drug-likeness (QED) is 0.250. The average Bonchev–Trinajstić information content (AvgIpc) is 3.30. The molecule has 0 spiro atoms. The van der Waals surface area contributed by atoms with Crippen LogP contribution in [0.2, 0.25) is 0 Å². The van der Waals surface area contributed by atoms with Crippen molar-refractivity contribution in [2.45, 2.75) is 39.2 Å². The largest absolute Gasteiger partial charge is 0.449 e. The van der Waals surface area contributed by atoms with Crippen LogP contribution in [0.25, 0.3) is 22.2 Å². The Morgan fingerprint density at radius 2 is 1.63 bits per heavy atom. The molecule has 3 aromatic carbocycles. The predicted octanol–water partition coefficient (Wildman–Crippen LogP) is 6.15. The second kappa shape index (κ2) is 12.1. The number of fused-ring (bicyclic) bond motifs is 1. The molecule has 4 aromatic rings. The Bertz CT molecular complexity index is 1420. The van der Waals surface area contributed by atoms with Gasteiger partial charge in [-0.2, -0.15) is 4.57 Å². The van der Waals surface area contributed by atoms with Gasteiger partial charge in [0, 0.05) is 32.7 Å². The van der Waals surface area contributed by atoms with Crippen molar-refractivity contribution in [1.82, 2.24) is 9.47 Å². The summed E-state index contributed by atoms with van der Waals surface area (Å²) in [6.45, 7) is 6.68. The van der Waals surface area contributed by atoms with Gasteiger partial charge >= 0.3 is 11.8 Å². The van der Waals surface area contributed by atoms with Crippen LogP contribution in [0.1, 0.15) is 38.2 Å². The zero-order chi connectivity index (χ0) is 26.3. The van der Waals surface area contributed by atoms with E-state index in [2.05, 4.69) is 65.3 Å². The van der Waals surface area contributed by atoms with E-state index in [0.717, 1.165) is 68.7 Å². The van der Waals surface area contributed by atoms with E-state index in [1.165, 1.54) is 16.7 Å². The Balaban J connectivity index is 1.23. The van der Waals surface area contributed by atoms with Crippen molar-refractivity contribution in [3.63, 3.8) is 0 Å². The van der Waals surface area contributed by atoms with Crippen molar-refractivity contribution in [2.24, 2.45) is 0 Å². The van der Waals surface area contributed by atoms with Gasteiger partial charge in [-0.15, -0.1) is 0 Å². The van der Waals surface area contributed by atoms with Crippen LogP contribution in [-0.4, -0.2) is 48.3 Å². The number of oxazole rings is 1. The highest BCUT2D eigenvalue weighted by atomic mass is 16.6. The standard InChI is InChI=1S/C31H35N3O4/c1-2-3-4-8-21-37-30(35)34-28-16-10-15-27(29(28)38-31(34)36)33-19-17-32(18-20-33)23-24-11-9-14-26(22-24)25-12-6-5-7-13-25/h5-7,9-16,22H,2-4,8,17-21,23H2,1H3. The van der Waals surface area contributed by atoms with E-state index in [4.69, 9.17) is 9.15 Å². The lowest BCUT2D eigenvalue weighted by Gasteiger charge is -2.36. The van der Waals surface area contributed by atoms with Crippen LogP contribution in [-0.2, 0) is 11.3 Å². The molecule has 7 nitrogen and oxygen atoms in total. The van der Waals surface area contributed by atoms with Crippen LogP contribution in [0.3, 0.4) is 0 Å². The molecule has 0 amide bonds. The number of piperazine rings is 1. The highest BCUT2D eigenvalue weighted by Crippen LogP contribution is 2.28. The lowest BCUT2D eigenvalue weighted by atomic mass is 10.0. The minimum Gasteiger partial charge on any atom is -0.449 e. The molecule has 5 rings (SSSR count). The van der Waals surface area contributed by atoms with E-state index in [-0.39, 0.29) is 0 Å². The molecule has 0 bridgehead atoms. The first-order valence-electron chi connectivity index (χ1n) is 13.6. The molecule has 198 valence electrons. The first-order chi connectivity index (χ1) is 18.6. The van der Waals surface area contributed by atoms with E-state index in [1.54, 1.807) is 6.07 Å². The molecule has 2 heterocycles. The van der Waals surface area contributed by atoms with E-state index in [0.29, 0.717) is 17.7 Å². The summed E-state index contributed by atoms with van der Waals surface area (Å²) in [6.07, 6.45) is 3.32. The van der Waals surface area contributed by atoms with Crippen molar-refractivity contribution in [2.75, 3.05) is 37.7 Å². The van der Waals surface area contributed by atoms with Crippen molar-refractivity contribution in [1.29, 1.82) is 0 Å². The molecule has 1 aliphatic heterocycles. The van der Waals surface area contributed by atoms with Crippen LogP contribution >= 0.6 is 0 Å².